The van der Waals surface area contributed by atoms with Crippen LogP contribution in [0, 0.1) is 34.5 Å². The van der Waals surface area contributed by atoms with Crippen LogP contribution in [0.25, 0.3) is 0 Å². The summed E-state index contributed by atoms with van der Waals surface area (Å²) in [6, 6.07) is -0.587. The first kappa shape index (κ1) is 28.3. The van der Waals surface area contributed by atoms with E-state index in [1.54, 1.807) is 20.8 Å². The molecular formula is C23H27Cl2F3N6O4. The zero-order valence-corrected chi connectivity index (χ0v) is 22.2. The first-order valence-electron chi connectivity index (χ1n) is 12.0. The van der Waals surface area contributed by atoms with Gasteiger partial charge in [-0.25, -0.2) is 0 Å². The van der Waals surface area contributed by atoms with E-state index in [1.807, 2.05) is 6.07 Å². The first-order valence-corrected chi connectivity index (χ1v) is 12.8. The number of hydrogen-bond donors (Lipinski definition) is 3. The van der Waals surface area contributed by atoms with Crippen LogP contribution in [0.5, 0.6) is 0 Å². The van der Waals surface area contributed by atoms with E-state index in [0.717, 1.165) is 0 Å². The van der Waals surface area contributed by atoms with Gasteiger partial charge >= 0.3 is 6.18 Å². The summed E-state index contributed by atoms with van der Waals surface area (Å²) in [6.45, 7) is 5.61. The van der Waals surface area contributed by atoms with Crippen molar-refractivity contribution in [3.05, 3.63) is 11.8 Å². The molecule has 3 fully saturated rings. The minimum absolute atomic E-state index is 0.0370. The molecule has 2 saturated heterocycles. The number of fused-ring (bicyclic) bond motifs is 1. The van der Waals surface area contributed by atoms with Crippen LogP contribution in [0.3, 0.4) is 0 Å². The van der Waals surface area contributed by atoms with Crippen LogP contribution in [-0.4, -0.2) is 63.3 Å². The van der Waals surface area contributed by atoms with E-state index >= 15 is 0 Å². The first-order chi connectivity index (χ1) is 17.6. The van der Waals surface area contributed by atoms with Crippen molar-refractivity contribution in [1.82, 2.24) is 20.7 Å². The number of carbonyl (C=O) groups excluding carboxylic acids is 3. The largest absolute Gasteiger partial charge is 0.436 e. The smallest absolute Gasteiger partial charge is 0.356 e. The van der Waals surface area contributed by atoms with Gasteiger partial charge in [0.1, 0.15) is 22.5 Å². The molecule has 4 rings (SSSR count). The van der Waals surface area contributed by atoms with E-state index in [4.69, 9.17) is 27.7 Å². The molecule has 0 bridgehead atoms. The lowest BCUT2D eigenvalue weighted by Gasteiger charge is -2.37. The summed E-state index contributed by atoms with van der Waals surface area (Å²) in [5, 5.41) is 20.6. The van der Waals surface area contributed by atoms with Gasteiger partial charge in [-0.1, -0.05) is 25.9 Å². The van der Waals surface area contributed by atoms with Crippen molar-refractivity contribution >= 4 is 46.8 Å². The third-order valence-electron chi connectivity index (χ3n) is 7.24. The Kier molecular flexibility index (Phi) is 7.29. The van der Waals surface area contributed by atoms with Gasteiger partial charge in [-0.3, -0.25) is 14.4 Å². The highest BCUT2D eigenvalue weighted by molar-refractivity contribution is 6.51. The molecule has 2 aliphatic heterocycles. The normalized spacial score (nSPS) is 27.7. The monoisotopic (exact) mass is 578 g/mol. The number of halogens is 5. The third-order valence-corrected chi connectivity index (χ3v) is 8.30. The van der Waals surface area contributed by atoms with Crippen molar-refractivity contribution < 1.29 is 32.1 Å². The Morgan fingerprint density at radius 2 is 2.05 bits per heavy atom. The van der Waals surface area contributed by atoms with Crippen LogP contribution < -0.4 is 16.0 Å². The fourth-order valence-corrected chi connectivity index (χ4v) is 5.95. The van der Waals surface area contributed by atoms with Crippen LogP contribution >= 0.6 is 23.2 Å². The maximum atomic E-state index is 13.8. The van der Waals surface area contributed by atoms with E-state index in [9.17, 15) is 32.8 Å². The van der Waals surface area contributed by atoms with Gasteiger partial charge in [-0.2, -0.15) is 18.4 Å². The van der Waals surface area contributed by atoms with Crippen LogP contribution in [0.2, 0.25) is 0 Å². The van der Waals surface area contributed by atoms with Crippen LogP contribution in [0.1, 0.15) is 39.3 Å². The topological polar surface area (TPSA) is 140 Å². The van der Waals surface area contributed by atoms with Gasteiger partial charge < -0.3 is 25.4 Å². The summed E-state index contributed by atoms with van der Waals surface area (Å²) in [5.41, 5.74) is -2.09. The predicted octanol–water partition coefficient (Wildman–Crippen LogP) is 2.69. The lowest BCUT2D eigenvalue weighted by atomic mass is 9.85. The van der Waals surface area contributed by atoms with E-state index in [2.05, 4.69) is 21.1 Å². The number of carbonyl (C=O) groups is 3. The van der Waals surface area contributed by atoms with E-state index in [0.29, 0.717) is 19.0 Å². The number of nitrogens with zero attached hydrogens (tertiary/aromatic N) is 3. The van der Waals surface area contributed by atoms with Gasteiger partial charge in [-0.05, 0) is 18.3 Å². The van der Waals surface area contributed by atoms with Gasteiger partial charge in [0.25, 0.3) is 0 Å². The lowest BCUT2D eigenvalue weighted by Crippen LogP contribution is -2.57. The Labute approximate surface area is 226 Å². The molecule has 38 heavy (non-hydrogen) atoms. The van der Waals surface area contributed by atoms with Crippen molar-refractivity contribution in [3.63, 3.8) is 0 Å². The summed E-state index contributed by atoms with van der Waals surface area (Å²) in [6.07, 6.45) is -4.09. The number of hydrogen-bond acceptors (Lipinski definition) is 7. The molecule has 1 aliphatic carbocycles. The zero-order chi connectivity index (χ0) is 28.2. The van der Waals surface area contributed by atoms with Crippen LogP contribution in [0.4, 0.5) is 19.1 Å². The quantitative estimate of drug-likeness (QED) is 0.422. The summed E-state index contributed by atoms with van der Waals surface area (Å²) < 4.78 is 42.5. The Balaban J connectivity index is 1.54. The Morgan fingerprint density at radius 3 is 2.58 bits per heavy atom. The van der Waals surface area contributed by atoms with Crippen molar-refractivity contribution in [2.45, 2.75) is 62.2 Å². The average Bonchev–Trinajstić information content (AvgIpc) is 3.34. The Bertz CT molecular complexity index is 1160. The van der Waals surface area contributed by atoms with Gasteiger partial charge in [0, 0.05) is 36.9 Å². The number of aromatic nitrogens is 1. The molecule has 15 heteroatoms. The van der Waals surface area contributed by atoms with Crippen LogP contribution in [0.15, 0.2) is 10.6 Å². The number of piperidine rings is 1. The van der Waals surface area contributed by atoms with Crippen LogP contribution in [-0.2, 0) is 20.6 Å². The minimum atomic E-state index is -4.73. The van der Waals surface area contributed by atoms with Gasteiger partial charge in [-0.15, -0.1) is 23.2 Å². The third kappa shape index (κ3) is 5.38. The molecular weight excluding hydrogens is 552 g/mol. The molecule has 3 N–H and O–H groups in total. The number of likely N-dealkylation sites (tertiary alicyclic amines) is 1. The van der Waals surface area contributed by atoms with Crippen molar-refractivity contribution in [3.8, 4) is 6.07 Å². The molecule has 1 aromatic rings. The molecule has 0 aromatic carbocycles. The Morgan fingerprint density at radius 1 is 1.37 bits per heavy atom. The maximum Gasteiger partial charge on any atom is 0.436 e. The van der Waals surface area contributed by atoms with Gasteiger partial charge in [0.05, 0.1) is 6.07 Å². The second-order valence-corrected chi connectivity index (χ2v) is 12.4. The molecule has 1 aromatic heterocycles. The molecule has 10 nitrogen and oxygen atoms in total. The second kappa shape index (κ2) is 9.79. The van der Waals surface area contributed by atoms with Crippen molar-refractivity contribution in [2.24, 2.45) is 23.2 Å². The van der Waals surface area contributed by atoms with Gasteiger partial charge in [0.2, 0.25) is 23.6 Å². The molecule has 3 heterocycles. The molecule has 3 amide bonds. The number of rotatable bonds is 7. The Hall–Kier alpha value is -2.72. The highest BCUT2D eigenvalue weighted by Crippen LogP contribution is 2.65. The van der Waals surface area contributed by atoms with E-state index in [-0.39, 0.29) is 24.8 Å². The average molecular weight is 579 g/mol. The number of amides is 3. The molecule has 6 atom stereocenters. The summed E-state index contributed by atoms with van der Waals surface area (Å²) in [7, 11) is 0. The summed E-state index contributed by atoms with van der Waals surface area (Å²) >= 11 is 12.7. The molecule has 3 aliphatic rings. The highest BCUT2D eigenvalue weighted by Gasteiger charge is 2.74. The molecule has 0 unspecified atom stereocenters. The fraction of sp³-hybridized carbons (Fsp3) is 0.696. The number of anilines is 1. The maximum absolute atomic E-state index is 13.8. The summed E-state index contributed by atoms with van der Waals surface area (Å²) in [4.78, 5) is 40.4. The van der Waals surface area contributed by atoms with E-state index in [1.165, 1.54) is 4.90 Å². The van der Waals surface area contributed by atoms with Crippen molar-refractivity contribution in [2.75, 3.05) is 18.4 Å². The predicted molar refractivity (Wildman–Crippen MR) is 129 cm³/mol. The highest BCUT2D eigenvalue weighted by atomic mass is 35.5. The summed E-state index contributed by atoms with van der Waals surface area (Å²) in [5.74, 6) is -3.22. The lowest BCUT2D eigenvalue weighted by molar-refractivity contribution is -0.142. The molecule has 0 radical (unpaired) electrons. The number of nitrogens with one attached hydrogen (secondary N) is 3. The fourth-order valence-electron chi connectivity index (χ4n) is 5.12. The zero-order valence-electron chi connectivity index (χ0n) is 20.7. The SMILES string of the molecule is CC(C)(C)[C@H](Nc1cc(C(F)(F)F)no1)C(=O)N1C[C@H]2[C@@H]([C@H]1C(=O)N[C@H](C#N)C[C@@H]1CCNC1=O)C2(Cl)Cl. The number of alkyl halides is 5. The number of nitriles is 1. The molecule has 0 spiro atoms. The molecule has 1 saturated carbocycles. The minimum Gasteiger partial charge on any atom is -0.356 e. The second-order valence-electron chi connectivity index (χ2n) is 11.0. The van der Waals surface area contributed by atoms with Crippen molar-refractivity contribution in [1.29, 1.82) is 5.26 Å². The van der Waals surface area contributed by atoms with Gasteiger partial charge in [0.15, 0.2) is 5.69 Å². The van der Waals surface area contributed by atoms with E-state index < -0.39 is 69.3 Å². The molecule has 208 valence electrons. The standard InChI is InChI=1S/C23H27Cl2F3N6O4/c1-21(2,3)17(32-14-7-13(33-38-14)23(26,27)28)20(37)34-9-12-15(22(12,24)25)16(34)19(36)31-11(8-29)6-10-4-5-30-18(10)35/h7,10-12,15-17,32H,4-6,9H2,1-3H3,(H,30,35)(H,31,36)/t10-,11-,12-,15-,16-,17+/m0/s1.